The molecule has 1 aliphatic rings. The van der Waals surface area contributed by atoms with E-state index in [1.54, 1.807) is 0 Å². The number of amides is 1. The normalized spacial score (nSPS) is 17.3. The Bertz CT molecular complexity index is 927. The lowest BCUT2D eigenvalue weighted by molar-refractivity contribution is -0.117. The van der Waals surface area contributed by atoms with Gasteiger partial charge < -0.3 is 9.42 Å². The Hall–Kier alpha value is -3.09. The zero-order valence-corrected chi connectivity index (χ0v) is 13.0. The average molecular weight is 341 g/mol. The summed E-state index contributed by atoms with van der Waals surface area (Å²) in [5.74, 6) is -1.18. The van der Waals surface area contributed by atoms with Gasteiger partial charge in [-0.2, -0.15) is 4.98 Å². The van der Waals surface area contributed by atoms with Gasteiger partial charge in [0.05, 0.1) is 11.6 Å². The Morgan fingerprint density at radius 3 is 2.72 bits per heavy atom. The van der Waals surface area contributed by atoms with Crippen LogP contribution in [0.5, 0.6) is 0 Å². The summed E-state index contributed by atoms with van der Waals surface area (Å²) in [4.78, 5) is 17.8. The Morgan fingerprint density at radius 1 is 1.12 bits per heavy atom. The minimum atomic E-state index is -0.647. The highest BCUT2D eigenvalue weighted by atomic mass is 19.1. The number of carbonyl (C=O) groups excluding carboxylic acids is 1. The van der Waals surface area contributed by atoms with Gasteiger partial charge in [-0.3, -0.25) is 4.79 Å². The van der Waals surface area contributed by atoms with Crippen LogP contribution in [0, 0.1) is 11.6 Å². The van der Waals surface area contributed by atoms with E-state index in [4.69, 9.17) is 4.52 Å². The molecular weight excluding hydrogens is 328 g/mol. The van der Waals surface area contributed by atoms with Gasteiger partial charge in [0.2, 0.25) is 17.6 Å². The molecule has 2 heterocycles. The molecule has 126 valence electrons. The highest BCUT2D eigenvalue weighted by Crippen LogP contribution is 2.33. The third kappa shape index (κ3) is 2.88. The third-order valence-corrected chi connectivity index (χ3v) is 4.15. The summed E-state index contributed by atoms with van der Waals surface area (Å²) in [6.45, 7) is 0.162. The monoisotopic (exact) mass is 341 g/mol. The molecule has 0 saturated carbocycles. The van der Waals surface area contributed by atoms with Crippen molar-refractivity contribution in [1.29, 1.82) is 0 Å². The average Bonchev–Trinajstić information content (AvgIpc) is 3.25. The number of carbonyl (C=O) groups is 1. The maximum atomic E-state index is 13.9. The van der Waals surface area contributed by atoms with Gasteiger partial charge >= 0.3 is 0 Å². The van der Waals surface area contributed by atoms with Gasteiger partial charge in [-0.25, -0.2) is 8.78 Å². The van der Waals surface area contributed by atoms with Crippen molar-refractivity contribution in [3.8, 4) is 11.4 Å². The fourth-order valence-corrected chi connectivity index (χ4v) is 2.90. The molecule has 1 saturated heterocycles. The van der Waals surface area contributed by atoms with Gasteiger partial charge in [0.1, 0.15) is 11.6 Å². The maximum absolute atomic E-state index is 13.9. The van der Waals surface area contributed by atoms with Crippen LogP contribution >= 0.6 is 0 Å². The van der Waals surface area contributed by atoms with E-state index in [2.05, 4.69) is 10.1 Å². The van der Waals surface area contributed by atoms with Crippen molar-refractivity contribution in [2.75, 3.05) is 11.4 Å². The quantitative estimate of drug-likeness (QED) is 0.731. The largest absolute Gasteiger partial charge is 0.339 e. The molecule has 1 unspecified atom stereocenters. The van der Waals surface area contributed by atoms with Crippen LogP contribution in [0.4, 0.5) is 14.5 Å². The van der Waals surface area contributed by atoms with Crippen molar-refractivity contribution in [2.45, 2.75) is 12.3 Å². The predicted octanol–water partition coefficient (Wildman–Crippen LogP) is 3.54. The molecule has 3 aromatic rings. The summed E-state index contributed by atoms with van der Waals surface area (Å²) in [7, 11) is 0. The smallest absolute Gasteiger partial charge is 0.232 e. The van der Waals surface area contributed by atoms with E-state index < -0.39 is 11.6 Å². The minimum Gasteiger partial charge on any atom is -0.339 e. The zero-order valence-electron chi connectivity index (χ0n) is 13.0. The van der Waals surface area contributed by atoms with E-state index in [-0.39, 0.29) is 30.5 Å². The van der Waals surface area contributed by atoms with E-state index in [0.717, 1.165) is 23.8 Å². The van der Waals surface area contributed by atoms with E-state index in [0.29, 0.717) is 11.7 Å². The topological polar surface area (TPSA) is 59.2 Å². The number of hydrogen-bond acceptors (Lipinski definition) is 4. The maximum Gasteiger partial charge on any atom is 0.232 e. The van der Waals surface area contributed by atoms with Gasteiger partial charge in [-0.05, 0) is 12.1 Å². The van der Waals surface area contributed by atoms with Crippen LogP contribution in [0.2, 0.25) is 0 Å². The van der Waals surface area contributed by atoms with Gasteiger partial charge in [-0.1, -0.05) is 35.5 Å². The number of nitrogens with zero attached hydrogens (tertiary/aromatic N) is 3. The molecular formula is C18H13F2N3O2. The minimum absolute atomic E-state index is 0.0738. The van der Waals surface area contributed by atoms with E-state index in [1.807, 2.05) is 30.3 Å². The summed E-state index contributed by atoms with van der Waals surface area (Å²) >= 11 is 0. The van der Waals surface area contributed by atoms with Gasteiger partial charge in [0.25, 0.3) is 0 Å². The van der Waals surface area contributed by atoms with Crippen LogP contribution in [0.25, 0.3) is 11.4 Å². The van der Waals surface area contributed by atoms with Crippen molar-refractivity contribution in [1.82, 2.24) is 10.1 Å². The highest BCUT2D eigenvalue weighted by molar-refractivity contribution is 5.96. The second-order valence-corrected chi connectivity index (χ2v) is 5.82. The van der Waals surface area contributed by atoms with Crippen LogP contribution in [-0.4, -0.2) is 22.6 Å². The fraction of sp³-hybridized carbons (Fsp3) is 0.167. The second kappa shape index (κ2) is 6.08. The lowest BCUT2D eigenvalue weighted by Gasteiger charge is -2.16. The first-order valence-electron chi connectivity index (χ1n) is 7.76. The predicted molar refractivity (Wildman–Crippen MR) is 85.8 cm³/mol. The zero-order chi connectivity index (χ0) is 17.4. The lowest BCUT2D eigenvalue weighted by Crippen LogP contribution is -2.25. The SMILES string of the molecule is O=C1CC(c2nc(-c3ccccc3)no2)CN1c1cc(F)ccc1F. The van der Waals surface area contributed by atoms with Crippen molar-refractivity contribution < 1.29 is 18.1 Å². The van der Waals surface area contributed by atoms with E-state index in [1.165, 1.54) is 4.90 Å². The molecule has 2 aromatic carbocycles. The summed E-state index contributed by atoms with van der Waals surface area (Å²) in [6, 6.07) is 12.3. The molecule has 1 amide bonds. The molecule has 7 heteroatoms. The van der Waals surface area contributed by atoms with Crippen molar-refractivity contribution >= 4 is 11.6 Å². The molecule has 25 heavy (non-hydrogen) atoms. The first-order chi connectivity index (χ1) is 12.1. The van der Waals surface area contributed by atoms with Crippen LogP contribution in [0.15, 0.2) is 53.1 Å². The Labute approximate surface area is 141 Å². The third-order valence-electron chi connectivity index (χ3n) is 4.15. The first-order valence-corrected chi connectivity index (χ1v) is 7.76. The Kier molecular flexibility index (Phi) is 3.76. The number of aromatic nitrogens is 2. The van der Waals surface area contributed by atoms with E-state index >= 15 is 0 Å². The van der Waals surface area contributed by atoms with Crippen molar-refractivity contribution in [2.24, 2.45) is 0 Å². The van der Waals surface area contributed by atoms with Crippen LogP contribution in [0.3, 0.4) is 0 Å². The van der Waals surface area contributed by atoms with Gasteiger partial charge in [0, 0.05) is 24.6 Å². The molecule has 0 spiro atoms. The summed E-state index contributed by atoms with van der Waals surface area (Å²) < 4.78 is 32.6. The molecule has 0 bridgehead atoms. The van der Waals surface area contributed by atoms with Crippen LogP contribution < -0.4 is 4.90 Å². The van der Waals surface area contributed by atoms with Crippen molar-refractivity contribution in [3.05, 3.63) is 66.1 Å². The molecule has 0 N–H and O–H groups in total. The van der Waals surface area contributed by atoms with E-state index in [9.17, 15) is 13.6 Å². The summed E-state index contributed by atoms with van der Waals surface area (Å²) in [6.07, 6.45) is 0.104. The van der Waals surface area contributed by atoms with Crippen LogP contribution in [-0.2, 0) is 4.79 Å². The molecule has 1 fully saturated rings. The van der Waals surface area contributed by atoms with Gasteiger partial charge in [0.15, 0.2) is 0 Å². The molecule has 4 rings (SSSR count). The lowest BCUT2D eigenvalue weighted by atomic mass is 10.1. The number of rotatable bonds is 3. The second-order valence-electron chi connectivity index (χ2n) is 5.82. The Balaban J connectivity index is 1.59. The fourth-order valence-electron chi connectivity index (χ4n) is 2.90. The molecule has 5 nitrogen and oxygen atoms in total. The number of anilines is 1. The molecule has 1 atom stereocenters. The molecule has 1 aromatic heterocycles. The highest BCUT2D eigenvalue weighted by Gasteiger charge is 2.36. The number of benzene rings is 2. The van der Waals surface area contributed by atoms with Crippen molar-refractivity contribution in [3.63, 3.8) is 0 Å². The molecule has 0 aliphatic carbocycles. The standard InChI is InChI=1S/C18H13F2N3O2/c19-13-6-7-14(20)15(9-13)23-10-12(8-16(23)24)18-21-17(22-25-18)11-4-2-1-3-5-11/h1-7,9,12H,8,10H2. The summed E-state index contributed by atoms with van der Waals surface area (Å²) in [5, 5.41) is 3.94. The number of halogens is 2. The first kappa shape index (κ1) is 15.4. The Morgan fingerprint density at radius 2 is 1.92 bits per heavy atom. The number of hydrogen-bond donors (Lipinski definition) is 0. The summed E-state index contributed by atoms with van der Waals surface area (Å²) in [5.41, 5.74) is 0.727. The van der Waals surface area contributed by atoms with Crippen LogP contribution in [0.1, 0.15) is 18.2 Å². The van der Waals surface area contributed by atoms with Gasteiger partial charge in [-0.15, -0.1) is 0 Å². The molecule has 1 aliphatic heterocycles. The molecule has 0 radical (unpaired) electrons.